The van der Waals surface area contributed by atoms with Gasteiger partial charge in [-0.05, 0) is 43.4 Å². The molecule has 0 aromatic heterocycles. The quantitative estimate of drug-likeness (QED) is 0.644. The average molecular weight is 273 g/mol. The van der Waals surface area contributed by atoms with E-state index in [1.54, 1.807) is 0 Å². The topological polar surface area (TPSA) is 18.5 Å². The molecule has 0 aromatic carbocycles. The molecule has 1 rings (SSSR count). The Labute approximate surface area is 115 Å². The molecule has 0 saturated heterocycles. The molecule has 108 valence electrons. The Kier molecular flexibility index (Phi) is 5.88. The predicted octanol–water partition coefficient (Wildman–Crippen LogP) is 4.28. The van der Waals surface area contributed by atoms with Crippen LogP contribution in [0.25, 0.3) is 0 Å². The summed E-state index contributed by atoms with van der Waals surface area (Å²) in [5, 5.41) is 0.334. The Bertz CT molecular complexity index is 249. The second-order valence-electron chi connectivity index (χ2n) is 5.82. The van der Waals surface area contributed by atoms with Crippen LogP contribution in [0, 0.1) is 11.3 Å². The molecule has 2 unspecified atom stereocenters. The van der Waals surface area contributed by atoms with Gasteiger partial charge in [-0.1, -0.05) is 34.1 Å². The first-order valence-corrected chi connectivity index (χ1v) is 9.19. The lowest BCUT2D eigenvalue weighted by molar-refractivity contribution is 0.0858. The van der Waals surface area contributed by atoms with Crippen molar-refractivity contribution >= 4 is 9.28 Å². The van der Waals surface area contributed by atoms with Crippen molar-refractivity contribution in [3.05, 3.63) is 0 Å². The zero-order valence-electron chi connectivity index (χ0n) is 13.2. The van der Waals surface area contributed by atoms with Crippen molar-refractivity contribution in [3.8, 4) is 0 Å². The van der Waals surface area contributed by atoms with Gasteiger partial charge in [0.05, 0.1) is 0 Å². The van der Waals surface area contributed by atoms with Gasteiger partial charge < -0.3 is 8.85 Å². The third-order valence-corrected chi connectivity index (χ3v) is 9.01. The maximum atomic E-state index is 5.85. The molecule has 1 saturated carbocycles. The molecule has 0 spiro atoms. The summed E-state index contributed by atoms with van der Waals surface area (Å²) in [6.07, 6.45) is 7.73. The first-order chi connectivity index (χ1) is 8.62. The second kappa shape index (κ2) is 6.53. The van der Waals surface area contributed by atoms with E-state index in [2.05, 4.69) is 27.7 Å². The molecule has 0 radical (unpaired) electrons. The van der Waals surface area contributed by atoms with Crippen molar-refractivity contribution in [2.45, 2.75) is 71.3 Å². The third kappa shape index (κ3) is 2.08. The molecule has 0 aromatic rings. The van der Waals surface area contributed by atoms with E-state index in [1.807, 2.05) is 14.2 Å². The molecule has 2 nitrogen and oxygen atoms in total. The van der Waals surface area contributed by atoms with Crippen molar-refractivity contribution in [2.24, 2.45) is 11.3 Å². The Morgan fingerprint density at radius 1 is 1.00 bits per heavy atom. The molecule has 1 aliphatic rings. The fraction of sp³-hybridized carbons (Fsp3) is 1.00. The van der Waals surface area contributed by atoms with E-state index in [-0.39, 0.29) is 0 Å². The summed E-state index contributed by atoms with van der Waals surface area (Å²) in [5.41, 5.74) is 0.444. The Morgan fingerprint density at radius 2 is 1.56 bits per heavy atom. The first-order valence-electron chi connectivity index (χ1n) is 7.67. The highest BCUT2D eigenvalue weighted by Crippen LogP contribution is 2.68. The van der Waals surface area contributed by atoms with Crippen molar-refractivity contribution < 1.29 is 8.85 Å². The molecule has 1 aliphatic carbocycles. The minimum atomic E-state index is -1.59. The molecule has 0 N–H and O–H groups in total. The summed E-state index contributed by atoms with van der Waals surface area (Å²) in [7, 11) is 2.12. The van der Waals surface area contributed by atoms with E-state index >= 15 is 0 Å². The molecule has 18 heavy (non-hydrogen) atoms. The molecular weight excluding hydrogens is 240 g/mol. The molecule has 0 heterocycles. The molecule has 3 heteroatoms. The van der Waals surface area contributed by atoms with Gasteiger partial charge in [0.15, 0.2) is 0 Å². The minimum absolute atomic E-state index is 0.334. The fourth-order valence-corrected chi connectivity index (χ4v) is 8.03. The van der Waals surface area contributed by atoms with E-state index in [9.17, 15) is 0 Å². The summed E-state index contributed by atoms with van der Waals surface area (Å²) in [6.45, 7) is 9.44. The molecule has 0 bridgehead atoms. The predicted molar refractivity (Wildman–Crippen MR) is 80.2 cm³/mol. The van der Waals surface area contributed by atoms with Crippen LogP contribution in [-0.2, 0) is 8.85 Å². The number of hydrogen-bond donors (Lipinski definition) is 0. The van der Waals surface area contributed by atoms with Gasteiger partial charge in [-0.3, -0.25) is 0 Å². The maximum Gasteiger partial charge on any atom is 0.327 e. The van der Waals surface area contributed by atoms with Crippen molar-refractivity contribution in [1.82, 2.24) is 0 Å². The van der Waals surface area contributed by atoms with E-state index in [1.165, 1.54) is 38.5 Å². The van der Waals surface area contributed by atoms with Gasteiger partial charge in [-0.15, -0.1) is 0 Å². The van der Waals surface area contributed by atoms with E-state index < -0.39 is 9.28 Å². The van der Waals surface area contributed by atoms with Gasteiger partial charge in [0.25, 0.3) is 0 Å². The zero-order chi connectivity index (χ0) is 13.8. The SMILES string of the molecule is CCC1CCC(CC)([SiH](OC)OC)C1(CC)CC. The summed E-state index contributed by atoms with van der Waals surface area (Å²) >= 11 is 0. The van der Waals surface area contributed by atoms with Crippen LogP contribution < -0.4 is 0 Å². The van der Waals surface area contributed by atoms with E-state index in [4.69, 9.17) is 8.85 Å². The highest BCUT2D eigenvalue weighted by Gasteiger charge is 2.61. The standard InChI is InChI=1S/C15H32O2Si/c1-7-13-11-12-15(10-4,18(16-5)17-6)14(13,8-2)9-3/h13,18H,7-12H2,1-6H3. The average Bonchev–Trinajstić information content (AvgIpc) is 2.75. The van der Waals surface area contributed by atoms with Crippen molar-refractivity contribution in [1.29, 1.82) is 0 Å². The van der Waals surface area contributed by atoms with Crippen LogP contribution in [0.5, 0.6) is 0 Å². The van der Waals surface area contributed by atoms with Crippen LogP contribution in [0.4, 0.5) is 0 Å². The lowest BCUT2D eigenvalue weighted by Gasteiger charge is -2.50. The van der Waals surface area contributed by atoms with Crippen LogP contribution in [-0.4, -0.2) is 23.5 Å². The van der Waals surface area contributed by atoms with Gasteiger partial charge in [-0.25, -0.2) is 0 Å². The highest BCUT2D eigenvalue weighted by atomic mass is 28.3. The van der Waals surface area contributed by atoms with Crippen LogP contribution in [0.2, 0.25) is 5.04 Å². The lowest BCUT2D eigenvalue weighted by Crippen LogP contribution is -2.47. The summed E-state index contributed by atoms with van der Waals surface area (Å²) in [4.78, 5) is 0. The maximum absolute atomic E-state index is 5.85. The Morgan fingerprint density at radius 3 is 1.89 bits per heavy atom. The van der Waals surface area contributed by atoms with Gasteiger partial charge in [0.1, 0.15) is 0 Å². The Balaban J connectivity index is 3.23. The third-order valence-electron chi connectivity index (χ3n) is 5.98. The van der Waals surface area contributed by atoms with E-state index in [0.717, 1.165) is 5.92 Å². The molecule has 0 amide bonds. The van der Waals surface area contributed by atoms with Gasteiger partial charge in [-0.2, -0.15) is 0 Å². The molecule has 1 fully saturated rings. The van der Waals surface area contributed by atoms with Crippen molar-refractivity contribution in [3.63, 3.8) is 0 Å². The van der Waals surface area contributed by atoms with Crippen LogP contribution >= 0.6 is 0 Å². The summed E-state index contributed by atoms with van der Waals surface area (Å²) in [6, 6.07) is 0. The zero-order valence-corrected chi connectivity index (χ0v) is 14.4. The summed E-state index contributed by atoms with van der Waals surface area (Å²) in [5.74, 6) is 0.854. The first kappa shape index (κ1) is 16.2. The van der Waals surface area contributed by atoms with Crippen LogP contribution in [0.15, 0.2) is 0 Å². The molecular formula is C15H32O2Si. The number of hydrogen-bond acceptors (Lipinski definition) is 2. The van der Waals surface area contributed by atoms with E-state index in [0.29, 0.717) is 10.5 Å². The van der Waals surface area contributed by atoms with Crippen LogP contribution in [0.1, 0.15) is 66.2 Å². The minimum Gasteiger partial charge on any atom is -0.400 e. The van der Waals surface area contributed by atoms with Gasteiger partial charge in [0.2, 0.25) is 0 Å². The van der Waals surface area contributed by atoms with Gasteiger partial charge in [0, 0.05) is 19.3 Å². The molecule has 0 aliphatic heterocycles. The Hall–Kier alpha value is 0.137. The summed E-state index contributed by atoms with van der Waals surface area (Å²) < 4.78 is 11.7. The van der Waals surface area contributed by atoms with Crippen LogP contribution in [0.3, 0.4) is 0 Å². The smallest absolute Gasteiger partial charge is 0.327 e. The van der Waals surface area contributed by atoms with Gasteiger partial charge >= 0.3 is 9.28 Å². The fourth-order valence-electron chi connectivity index (χ4n) is 5.09. The van der Waals surface area contributed by atoms with Crippen molar-refractivity contribution in [2.75, 3.05) is 14.2 Å². The second-order valence-corrected chi connectivity index (χ2v) is 8.53. The number of rotatable bonds is 7. The monoisotopic (exact) mass is 272 g/mol. The molecule has 2 atom stereocenters. The largest absolute Gasteiger partial charge is 0.400 e. The highest BCUT2D eigenvalue weighted by molar-refractivity contribution is 6.49. The normalized spacial score (nSPS) is 31.2. The lowest BCUT2D eigenvalue weighted by atomic mass is 9.66.